The van der Waals surface area contributed by atoms with Crippen LogP contribution in [0, 0.1) is 5.92 Å². The second-order valence-corrected chi connectivity index (χ2v) is 7.48. The SMILES string of the molecule is CC1CCCN(C(=O)c2cncc(N3c4ccccc4CC3C)c2)C1. The van der Waals surface area contributed by atoms with Gasteiger partial charge in [-0.3, -0.25) is 9.78 Å². The smallest absolute Gasteiger partial charge is 0.255 e. The van der Waals surface area contributed by atoms with Crippen LogP contribution in [0.25, 0.3) is 0 Å². The van der Waals surface area contributed by atoms with E-state index in [-0.39, 0.29) is 5.91 Å². The molecule has 25 heavy (non-hydrogen) atoms. The molecular formula is C21H25N3O. The summed E-state index contributed by atoms with van der Waals surface area (Å²) in [5.74, 6) is 0.695. The molecule has 4 heteroatoms. The number of benzene rings is 1. The van der Waals surface area contributed by atoms with E-state index in [4.69, 9.17) is 0 Å². The Hall–Kier alpha value is -2.36. The van der Waals surface area contributed by atoms with Crippen molar-refractivity contribution < 1.29 is 4.79 Å². The van der Waals surface area contributed by atoms with Crippen LogP contribution < -0.4 is 4.90 Å². The van der Waals surface area contributed by atoms with E-state index in [0.29, 0.717) is 17.5 Å². The van der Waals surface area contributed by atoms with Gasteiger partial charge in [0.05, 0.1) is 17.4 Å². The molecule has 0 aliphatic carbocycles. The molecule has 0 spiro atoms. The topological polar surface area (TPSA) is 36.4 Å². The van der Waals surface area contributed by atoms with Gasteiger partial charge in [0.2, 0.25) is 0 Å². The van der Waals surface area contributed by atoms with Crippen molar-refractivity contribution in [3.05, 3.63) is 53.9 Å². The molecule has 2 aliphatic heterocycles. The van der Waals surface area contributed by atoms with Gasteiger partial charge in [-0.05, 0) is 49.8 Å². The van der Waals surface area contributed by atoms with E-state index in [2.05, 4.69) is 48.0 Å². The zero-order chi connectivity index (χ0) is 17.4. The fourth-order valence-corrected chi connectivity index (χ4v) is 4.19. The summed E-state index contributed by atoms with van der Waals surface area (Å²) < 4.78 is 0. The molecule has 130 valence electrons. The van der Waals surface area contributed by atoms with Gasteiger partial charge in [0.15, 0.2) is 0 Å². The van der Waals surface area contributed by atoms with Gasteiger partial charge in [0.1, 0.15) is 0 Å². The largest absolute Gasteiger partial charge is 0.338 e. The summed E-state index contributed by atoms with van der Waals surface area (Å²) in [5.41, 5.74) is 4.29. The van der Waals surface area contributed by atoms with Crippen LogP contribution >= 0.6 is 0 Å². The molecule has 2 atom stereocenters. The summed E-state index contributed by atoms with van der Waals surface area (Å²) in [6, 6.07) is 10.9. The summed E-state index contributed by atoms with van der Waals surface area (Å²) in [7, 11) is 0. The predicted octanol–water partition coefficient (Wildman–Crippen LogP) is 4.04. The van der Waals surface area contributed by atoms with Gasteiger partial charge in [0, 0.05) is 31.0 Å². The number of aromatic nitrogens is 1. The van der Waals surface area contributed by atoms with Gasteiger partial charge in [-0.2, -0.15) is 0 Å². The lowest BCUT2D eigenvalue weighted by Gasteiger charge is -2.31. The van der Waals surface area contributed by atoms with Crippen molar-refractivity contribution in [3.63, 3.8) is 0 Å². The lowest BCUT2D eigenvalue weighted by Crippen LogP contribution is -2.39. The molecule has 3 heterocycles. The van der Waals surface area contributed by atoms with E-state index in [1.54, 1.807) is 6.20 Å². The van der Waals surface area contributed by atoms with Crippen molar-refractivity contribution in [1.29, 1.82) is 0 Å². The van der Waals surface area contributed by atoms with Gasteiger partial charge in [-0.25, -0.2) is 0 Å². The Morgan fingerprint density at radius 2 is 2.04 bits per heavy atom. The number of hydrogen-bond acceptors (Lipinski definition) is 3. The van der Waals surface area contributed by atoms with Crippen molar-refractivity contribution in [1.82, 2.24) is 9.88 Å². The zero-order valence-electron chi connectivity index (χ0n) is 15.0. The van der Waals surface area contributed by atoms with E-state index in [9.17, 15) is 4.79 Å². The highest BCUT2D eigenvalue weighted by molar-refractivity contribution is 5.95. The molecule has 4 rings (SSSR count). The van der Waals surface area contributed by atoms with Crippen LogP contribution in [0.4, 0.5) is 11.4 Å². The number of rotatable bonds is 2. The second kappa shape index (κ2) is 6.51. The number of pyridine rings is 1. The summed E-state index contributed by atoms with van der Waals surface area (Å²) in [6.07, 6.45) is 6.91. The Balaban J connectivity index is 1.63. The monoisotopic (exact) mass is 335 g/mol. The van der Waals surface area contributed by atoms with Crippen molar-refractivity contribution in [2.24, 2.45) is 5.92 Å². The van der Waals surface area contributed by atoms with Crippen LogP contribution in [-0.4, -0.2) is 34.9 Å². The maximum atomic E-state index is 12.9. The maximum Gasteiger partial charge on any atom is 0.255 e. The van der Waals surface area contributed by atoms with Crippen LogP contribution in [0.15, 0.2) is 42.7 Å². The molecule has 1 amide bonds. The molecule has 0 saturated carbocycles. The number of fused-ring (bicyclic) bond motifs is 1. The highest BCUT2D eigenvalue weighted by Gasteiger charge is 2.28. The number of para-hydroxylation sites is 1. The molecule has 2 unspecified atom stereocenters. The predicted molar refractivity (Wildman–Crippen MR) is 100 cm³/mol. The molecule has 1 aromatic heterocycles. The molecule has 0 bridgehead atoms. The summed E-state index contributed by atoms with van der Waals surface area (Å²) in [6.45, 7) is 6.15. The number of likely N-dealkylation sites (tertiary alicyclic amines) is 1. The van der Waals surface area contributed by atoms with Crippen molar-refractivity contribution in [2.45, 2.75) is 39.2 Å². The minimum absolute atomic E-state index is 0.112. The minimum Gasteiger partial charge on any atom is -0.338 e. The molecule has 0 N–H and O–H groups in total. The minimum atomic E-state index is 0.112. The Morgan fingerprint density at radius 3 is 2.88 bits per heavy atom. The number of carbonyl (C=O) groups is 1. The average Bonchev–Trinajstić information content (AvgIpc) is 2.97. The van der Waals surface area contributed by atoms with E-state index in [1.807, 2.05) is 17.2 Å². The van der Waals surface area contributed by atoms with Crippen molar-refractivity contribution in [3.8, 4) is 0 Å². The van der Waals surface area contributed by atoms with Crippen LogP contribution in [0.3, 0.4) is 0 Å². The third-order valence-electron chi connectivity index (χ3n) is 5.40. The Bertz CT molecular complexity index is 788. The average molecular weight is 335 g/mol. The summed E-state index contributed by atoms with van der Waals surface area (Å²) >= 11 is 0. The third-order valence-corrected chi connectivity index (χ3v) is 5.40. The molecule has 0 radical (unpaired) electrons. The number of nitrogens with zero attached hydrogens (tertiary/aromatic N) is 3. The lowest BCUT2D eigenvalue weighted by molar-refractivity contribution is 0.0682. The summed E-state index contributed by atoms with van der Waals surface area (Å²) in [5, 5.41) is 0. The van der Waals surface area contributed by atoms with E-state index in [0.717, 1.165) is 31.6 Å². The van der Waals surface area contributed by atoms with Crippen molar-refractivity contribution in [2.75, 3.05) is 18.0 Å². The number of carbonyl (C=O) groups excluding carboxylic acids is 1. The number of anilines is 2. The first-order valence-electron chi connectivity index (χ1n) is 9.25. The molecule has 1 saturated heterocycles. The highest BCUT2D eigenvalue weighted by Crippen LogP contribution is 2.38. The quantitative estimate of drug-likeness (QED) is 0.831. The number of amides is 1. The fraction of sp³-hybridized carbons (Fsp3) is 0.429. The first-order valence-corrected chi connectivity index (χ1v) is 9.25. The van der Waals surface area contributed by atoms with Crippen LogP contribution in [0.5, 0.6) is 0 Å². The molecular weight excluding hydrogens is 310 g/mol. The van der Waals surface area contributed by atoms with Crippen LogP contribution in [-0.2, 0) is 6.42 Å². The van der Waals surface area contributed by atoms with Crippen LogP contribution in [0.1, 0.15) is 42.6 Å². The molecule has 4 nitrogen and oxygen atoms in total. The molecule has 1 fully saturated rings. The highest BCUT2D eigenvalue weighted by atomic mass is 16.2. The normalized spacial score (nSPS) is 22.8. The molecule has 1 aromatic carbocycles. The number of piperidine rings is 1. The third kappa shape index (κ3) is 3.01. The summed E-state index contributed by atoms with van der Waals surface area (Å²) in [4.78, 5) is 21.6. The first kappa shape index (κ1) is 16.1. The zero-order valence-corrected chi connectivity index (χ0v) is 15.0. The van der Waals surface area contributed by atoms with Gasteiger partial charge >= 0.3 is 0 Å². The standard InChI is InChI=1S/C21H25N3O/c1-15-6-5-9-23(14-15)21(25)18-11-19(13-22-12-18)24-16(2)10-17-7-3-4-8-20(17)24/h3-4,7-8,11-13,15-16H,5-6,9-10,14H2,1-2H3. The Labute approximate surface area is 149 Å². The van der Waals surface area contributed by atoms with Gasteiger partial charge in [0.25, 0.3) is 5.91 Å². The van der Waals surface area contributed by atoms with Gasteiger partial charge in [-0.15, -0.1) is 0 Å². The Kier molecular flexibility index (Phi) is 4.20. The Morgan fingerprint density at radius 1 is 1.20 bits per heavy atom. The van der Waals surface area contributed by atoms with Gasteiger partial charge < -0.3 is 9.80 Å². The number of hydrogen-bond donors (Lipinski definition) is 0. The lowest BCUT2D eigenvalue weighted by atomic mass is 10.00. The van der Waals surface area contributed by atoms with Crippen molar-refractivity contribution >= 4 is 17.3 Å². The fourth-order valence-electron chi connectivity index (χ4n) is 4.19. The van der Waals surface area contributed by atoms with E-state index < -0.39 is 0 Å². The molecule has 2 aromatic rings. The molecule has 2 aliphatic rings. The maximum absolute atomic E-state index is 12.9. The van der Waals surface area contributed by atoms with E-state index >= 15 is 0 Å². The first-order chi connectivity index (χ1) is 12.1. The van der Waals surface area contributed by atoms with Crippen LogP contribution in [0.2, 0.25) is 0 Å². The second-order valence-electron chi connectivity index (χ2n) is 7.48. The van der Waals surface area contributed by atoms with Gasteiger partial charge in [-0.1, -0.05) is 25.1 Å². The van der Waals surface area contributed by atoms with E-state index in [1.165, 1.54) is 17.7 Å².